The molecule has 0 bridgehead atoms. The summed E-state index contributed by atoms with van der Waals surface area (Å²) in [5, 5.41) is 6.73. The molecule has 0 aliphatic rings. The van der Waals surface area contributed by atoms with Gasteiger partial charge in [0.25, 0.3) is 5.91 Å². The summed E-state index contributed by atoms with van der Waals surface area (Å²) in [6, 6.07) is 14.9. The molecule has 1 amide bonds. The number of nitrogens with one attached hydrogen (secondary N) is 2. The van der Waals surface area contributed by atoms with Gasteiger partial charge < -0.3 is 10.3 Å². The van der Waals surface area contributed by atoms with Crippen LogP contribution in [0.5, 0.6) is 0 Å². The number of carbonyl (C=O) groups is 1. The molecule has 0 saturated heterocycles. The smallest absolute Gasteiger partial charge is 0.341 e. The van der Waals surface area contributed by atoms with Gasteiger partial charge in [0.15, 0.2) is 5.69 Å². The lowest BCUT2D eigenvalue weighted by molar-refractivity contribution is -0.137. The number of nitrogens with zero attached hydrogens (tertiary/aromatic N) is 3. The zero-order valence-corrected chi connectivity index (χ0v) is 18.9. The molecule has 0 saturated carbocycles. The topological polar surface area (TPSA) is 92.7 Å². The second-order valence-electron chi connectivity index (χ2n) is 7.91. The van der Waals surface area contributed by atoms with E-state index in [4.69, 9.17) is 0 Å². The first-order valence-electron chi connectivity index (χ1n) is 10.9. The summed E-state index contributed by atoms with van der Waals surface area (Å²) in [5.74, 6) is -0.327. The molecule has 7 nitrogen and oxygen atoms in total. The molecule has 2 aromatic carbocycles. The van der Waals surface area contributed by atoms with Crippen LogP contribution < -0.4 is 10.7 Å². The minimum absolute atomic E-state index is 0.161. The third-order valence-corrected chi connectivity index (χ3v) is 5.48. The number of aryl methyl sites for hydroxylation is 1. The van der Waals surface area contributed by atoms with Crippen LogP contribution in [0.3, 0.4) is 0 Å². The van der Waals surface area contributed by atoms with E-state index in [1.165, 1.54) is 25.1 Å². The van der Waals surface area contributed by atoms with Crippen molar-refractivity contribution in [3.8, 4) is 16.9 Å². The minimum Gasteiger partial charge on any atom is -0.341 e. The van der Waals surface area contributed by atoms with Crippen LogP contribution in [0.2, 0.25) is 0 Å². The Kier molecular flexibility index (Phi) is 6.54. The summed E-state index contributed by atoms with van der Waals surface area (Å²) in [6.07, 6.45) is -2.55. The summed E-state index contributed by atoms with van der Waals surface area (Å²) in [7, 11) is 0. The summed E-state index contributed by atoms with van der Waals surface area (Å²) in [6.45, 7) is 3.28. The van der Waals surface area contributed by atoms with Gasteiger partial charge in [0.1, 0.15) is 5.82 Å². The molecule has 2 heterocycles. The van der Waals surface area contributed by atoms with Gasteiger partial charge in [-0.05, 0) is 31.0 Å². The van der Waals surface area contributed by atoms with E-state index >= 15 is 0 Å². The first-order chi connectivity index (χ1) is 16.7. The molecule has 0 radical (unpaired) electrons. The van der Waals surface area contributed by atoms with Gasteiger partial charge >= 0.3 is 6.18 Å². The molecule has 0 fully saturated rings. The van der Waals surface area contributed by atoms with Gasteiger partial charge in [-0.15, -0.1) is 0 Å². The average Bonchev–Trinajstić information content (AvgIpc) is 3.33. The number of hydrogen-bond acceptors (Lipinski definition) is 4. The van der Waals surface area contributed by atoms with Crippen LogP contribution in [-0.2, 0) is 6.18 Å². The Labute approximate surface area is 198 Å². The van der Waals surface area contributed by atoms with Crippen LogP contribution in [0, 0.1) is 6.92 Å². The zero-order valence-electron chi connectivity index (χ0n) is 18.9. The predicted octanol–water partition coefficient (Wildman–Crippen LogP) is 4.83. The second-order valence-corrected chi connectivity index (χ2v) is 7.91. The SMILES string of the molecule is CCC(NC(=O)c1nn(-c2ccccc2C(F)(F)F)c(C)cc1=O)c1ncc(-c2ccccc2)[nH]1. The highest BCUT2D eigenvalue weighted by atomic mass is 19.4. The molecule has 4 aromatic rings. The van der Waals surface area contributed by atoms with Crippen molar-refractivity contribution in [2.75, 3.05) is 0 Å². The fourth-order valence-corrected chi connectivity index (χ4v) is 3.72. The fraction of sp³-hybridized carbons (Fsp3) is 0.200. The summed E-state index contributed by atoms with van der Waals surface area (Å²) in [5.41, 5.74) is -0.584. The molecule has 2 N–H and O–H groups in total. The number of aromatic amines is 1. The second kappa shape index (κ2) is 9.57. The molecular weight excluding hydrogens is 459 g/mol. The van der Waals surface area contributed by atoms with Crippen LogP contribution in [0.15, 0.2) is 71.7 Å². The number of rotatable bonds is 6. The van der Waals surface area contributed by atoms with E-state index in [0.717, 1.165) is 28.1 Å². The van der Waals surface area contributed by atoms with Crippen molar-refractivity contribution in [2.24, 2.45) is 0 Å². The van der Waals surface area contributed by atoms with Crippen molar-refractivity contribution in [1.82, 2.24) is 25.1 Å². The van der Waals surface area contributed by atoms with Crippen LogP contribution in [0.1, 0.15) is 47.0 Å². The number of H-pyrrole nitrogens is 1. The van der Waals surface area contributed by atoms with E-state index in [1.807, 2.05) is 37.3 Å². The minimum atomic E-state index is -4.64. The van der Waals surface area contributed by atoms with Crippen molar-refractivity contribution in [1.29, 1.82) is 0 Å². The number of imidazole rings is 1. The van der Waals surface area contributed by atoms with Crippen molar-refractivity contribution >= 4 is 5.91 Å². The number of alkyl halides is 3. The molecule has 35 heavy (non-hydrogen) atoms. The van der Waals surface area contributed by atoms with Crippen molar-refractivity contribution in [2.45, 2.75) is 32.5 Å². The quantitative estimate of drug-likeness (QED) is 0.413. The molecule has 0 aliphatic carbocycles. The average molecular weight is 481 g/mol. The molecular formula is C25H22F3N5O2. The molecule has 1 unspecified atom stereocenters. The van der Waals surface area contributed by atoms with Gasteiger partial charge in [-0.2, -0.15) is 18.3 Å². The van der Waals surface area contributed by atoms with Gasteiger partial charge in [-0.25, -0.2) is 9.67 Å². The van der Waals surface area contributed by atoms with Crippen molar-refractivity contribution < 1.29 is 18.0 Å². The van der Waals surface area contributed by atoms with Crippen molar-refractivity contribution in [3.05, 3.63) is 99.9 Å². The summed E-state index contributed by atoms with van der Waals surface area (Å²) in [4.78, 5) is 33.1. The third-order valence-electron chi connectivity index (χ3n) is 5.48. The zero-order chi connectivity index (χ0) is 25.2. The van der Waals surface area contributed by atoms with Gasteiger partial charge in [-0.1, -0.05) is 49.4 Å². The molecule has 0 spiro atoms. The molecule has 2 aromatic heterocycles. The van der Waals surface area contributed by atoms with Crippen LogP contribution in [-0.4, -0.2) is 25.7 Å². The van der Waals surface area contributed by atoms with E-state index in [0.29, 0.717) is 12.2 Å². The summed E-state index contributed by atoms with van der Waals surface area (Å²) >= 11 is 0. The maximum atomic E-state index is 13.5. The number of halogens is 3. The number of carbonyl (C=O) groups excluding carboxylic acids is 1. The van der Waals surface area contributed by atoms with E-state index < -0.39 is 34.8 Å². The molecule has 0 aliphatic heterocycles. The first-order valence-corrected chi connectivity index (χ1v) is 10.9. The number of para-hydroxylation sites is 1. The Morgan fingerprint density at radius 1 is 1.11 bits per heavy atom. The Morgan fingerprint density at radius 2 is 1.80 bits per heavy atom. The Morgan fingerprint density at radius 3 is 2.49 bits per heavy atom. The summed E-state index contributed by atoms with van der Waals surface area (Å²) < 4.78 is 41.6. The van der Waals surface area contributed by atoms with Crippen LogP contribution in [0.25, 0.3) is 16.9 Å². The lowest BCUT2D eigenvalue weighted by Crippen LogP contribution is -2.35. The van der Waals surface area contributed by atoms with Crippen LogP contribution in [0.4, 0.5) is 13.2 Å². The molecule has 1 atom stereocenters. The molecule has 10 heteroatoms. The van der Waals surface area contributed by atoms with E-state index in [2.05, 4.69) is 20.4 Å². The van der Waals surface area contributed by atoms with Gasteiger partial charge in [-0.3, -0.25) is 9.59 Å². The highest BCUT2D eigenvalue weighted by Crippen LogP contribution is 2.33. The molecule has 4 rings (SSSR count). The van der Waals surface area contributed by atoms with Gasteiger partial charge in [0.2, 0.25) is 5.43 Å². The largest absolute Gasteiger partial charge is 0.418 e. The predicted molar refractivity (Wildman–Crippen MR) is 124 cm³/mol. The number of amides is 1. The van der Waals surface area contributed by atoms with E-state index in [-0.39, 0.29) is 11.4 Å². The molecule has 180 valence electrons. The van der Waals surface area contributed by atoms with Gasteiger partial charge in [0, 0.05) is 11.8 Å². The third kappa shape index (κ3) is 5.01. The first kappa shape index (κ1) is 23.9. The van der Waals surface area contributed by atoms with Crippen molar-refractivity contribution in [3.63, 3.8) is 0 Å². The highest BCUT2D eigenvalue weighted by molar-refractivity contribution is 5.92. The maximum Gasteiger partial charge on any atom is 0.418 e. The highest BCUT2D eigenvalue weighted by Gasteiger charge is 2.34. The number of hydrogen-bond donors (Lipinski definition) is 2. The lowest BCUT2D eigenvalue weighted by Gasteiger charge is -2.18. The van der Waals surface area contributed by atoms with Gasteiger partial charge in [0.05, 0.1) is 29.2 Å². The Balaban J connectivity index is 1.66. The lowest BCUT2D eigenvalue weighted by atomic mass is 10.1. The fourth-order valence-electron chi connectivity index (χ4n) is 3.72. The Hall–Kier alpha value is -4.21. The van der Waals surface area contributed by atoms with Crippen LogP contribution >= 0.6 is 0 Å². The van der Waals surface area contributed by atoms with E-state index in [9.17, 15) is 22.8 Å². The maximum absolute atomic E-state index is 13.5. The standard InChI is InChI=1S/C25H22F3N5O2/c1-3-18(23-29-14-19(30-23)16-9-5-4-6-10-16)31-24(35)22-21(34)13-15(2)33(32-22)20-12-8-7-11-17(20)25(26,27)28/h4-14,18H,3H2,1-2H3,(H,29,30)(H,31,35). The van der Waals surface area contributed by atoms with E-state index in [1.54, 1.807) is 6.20 Å². The monoisotopic (exact) mass is 481 g/mol. The number of benzene rings is 2. The normalized spacial score (nSPS) is 12.4. The Bertz CT molecular complexity index is 1410. The number of aromatic nitrogens is 4.